The van der Waals surface area contributed by atoms with Crippen LogP contribution in [0.1, 0.15) is 16.8 Å². The molecule has 0 amide bonds. The number of rotatable bonds is 8. The summed E-state index contributed by atoms with van der Waals surface area (Å²) in [7, 11) is 3.04. The number of carbonyl (C=O) groups excluding carboxylic acids is 2. The fourth-order valence-electron chi connectivity index (χ4n) is 2.02. The molecule has 0 radical (unpaired) electrons. The van der Waals surface area contributed by atoms with E-state index >= 15 is 0 Å². The number of ketones is 2. The van der Waals surface area contributed by atoms with E-state index in [0.717, 1.165) is 4.90 Å². The van der Waals surface area contributed by atoms with E-state index in [4.69, 9.17) is 9.47 Å². The molecule has 0 N–H and O–H groups in total. The van der Waals surface area contributed by atoms with Gasteiger partial charge in [-0.2, -0.15) is 0 Å². The largest absolute Gasteiger partial charge is 0.493 e. The van der Waals surface area contributed by atoms with Crippen LogP contribution in [-0.4, -0.2) is 31.5 Å². The summed E-state index contributed by atoms with van der Waals surface area (Å²) in [4.78, 5) is 25.2. The first kappa shape index (κ1) is 17.1. The quantitative estimate of drug-likeness (QED) is 0.420. The Labute approximate surface area is 139 Å². The van der Waals surface area contributed by atoms with Crippen LogP contribution in [0.25, 0.3) is 0 Å². The van der Waals surface area contributed by atoms with Crippen LogP contribution in [0.2, 0.25) is 0 Å². The van der Waals surface area contributed by atoms with E-state index in [9.17, 15) is 9.59 Å². The van der Waals surface area contributed by atoms with Gasteiger partial charge in [0.2, 0.25) is 0 Å². The Kier molecular flexibility index (Phi) is 6.23. The molecule has 23 heavy (non-hydrogen) atoms. The van der Waals surface area contributed by atoms with Gasteiger partial charge >= 0.3 is 0 Å². The van der Waals surface area contributed by atoms with Gasteiger partial charge in [-0.25, -0.2) is 0 Å². The monoisotopic (exact) mass is 330 g/mol. The molecule has 2 rings (SSSR count). The summed E-state index contributed by atoms with van der Waals surface area (Å²) in [5, 5.41) is 0. The Morgan fingerprint density at radius 3 is 2.30 bits per heavy atom. The molecular weight excluding hydrogens is 312 g/mol. The van der Waals surface area contributed by atoms with Crippen LogP contribution in [0.5, 0.6) is 11.5 Å². The molecule has 0 bridgehead atoms. The maximum absolute atomic E-state index is 12.2. The highest BCUT2D eigenvalue weighted by Crippen LogP contribution is 2.28. The molecule has 4 nitrogen and oxygen atoms in total. The first-order valence-electron chi connectivity index (χ1n) is 7.09. The molecule has 2 aromatic rings. The van der Waals surface area contributed by atoms with Crippen LogP contribution in [0.15, 0.2) is 53.4 Å². The summed E-state index contributed by atoms with van der Waals surface area (Å²) in [6, 6.07) is 14.5. The third-order valence-electron chi connectivity index (χ3n) is 3.21. The highest BCUT2D eigenvalue weighted by molar-refractivity contribution is 8.00. The number of thioether (sulfide) groups is 1. The zero-order chi connectivity index (χ0) is 16.7. The smallest absolute Gasteiger partial charge is 0.170 e. The number of ether oxygens (including phenoxy) is 2. The van der Waals surface area contributed by atoms with Crippen LogP contribution < -0.4 is 9.47 Å². The lowest BCUT2D eigenvalue weighted by Gasteiger charge is -2.09. The Hall–Kier alpha value is -2.27. The molecular formula is C18H18O4S. The standard InChI is InChI=1S/C18H18O4S/c1-21-17-9-8-13(10-18(17)22-2)16(20)11-14(19)12-23-15-6-4-3-5-7-15/h3-10H,11-12H2,1-2H3. The highest BCUT2D eigenvalue weighted by Gasteiger charge is 2.14. The van der Waals surface area contributed by atoms with Gasteiger partial charge in [-0.05, 0) is 30.3 Å². The average Bonchev–Trinajstić information content (AvgIpc) is 2.60. The minimum Gasteiger partial charge on any atom is -0.493 e. The van der Waals surface area contributed by atoms with Crippen molar-refractivity contribution in [3.8, 4) is 11.5 Å². The van der Waals surface area contributed by atoms with Gasteiger partial charge in [-0.3, -0.25) is 9.59 Å². The van der Waals surface area contributed by atoms with Gasteiger partial charge in [-0.1, -0.05) is 18.2 Å². The maximum Gasteiger partial charge on any atom is 0.170 e. The fourth-order valence-corrected chi connectivity index (χ4v) is 2.80. The molecule has 0 heterocycles. The molecule has 0 aliphatic carbocycles. The van der Waals surface area contributed by atoms with Gasteiger partial charge in [0.25, 0.3) is 0 Å². The van der Waals surface area contributed by atoms with E-state index in [1.807, 2.05) is 30.3 Å². The fraction of sp³-hybridized carbons (Fsp3) is 0.222. The number of benzene rings is 2. The summed E-state index contributed by atoms with van der Waals surface area (Å²) < 4.78 is 10.3. The van der Waals surface area contributed by atoms with Gasteiger partial charge in [0.1, 0.15) is 0 Å². The summed E-state index contributed by atoms with van der Waals surface area (Å²) in [6.07, 6.45) is -0.116. The minimum absolute atomic E-state index is 0.0985. The average molecular weight is 330 g/mol. The summed E-state index contributed by atoms with van der Waals surface area (Å²) >= 11 is 1.43. The third kappa shape index (κ3) is 4.86. The lowest BCUT2D eigenvalue weighted by atomic mass is 10.1. The molecule has 120 valence electrons. The van der Waals surface area contributed by atoms with E-state index in [0.29, 0.717) is 17.1 Å². The van der Waals surface area contributed by atoms with Crippen molar-refractivity contribution in [1.82, 2.24) is 0 Å². The van der Waals surface area contributed by atoms with E-state index in [1.54, 1.807) is 18.2 Å². The normalized spacial score (nSPS) is 10.2. The first-order valence-corrected chi connectivity index (χ1v) is 8.07. The number of methoxy groups -OCH3 is 2. The van der Waals surface area contributed by atoms with Crippen molar-refractivity contribution in [2.45, 2.75) is 11.3 Å². The van der Waals surface area contributed by atoms with Gasteiger partial charge in [-0.15, -0.1) is 11.8 Å². The number of hydrogen-bond donors (Lipinski definition) is 0. The predicted molar refractivity (Wildman–Crippen MR) is 90.7 cm³/mol. The van der Waals surface area contributed by atoms with E-state index in [-0.39, 0.29) is 23.7 Å². The van der Waals surface area contributed by atoms with Gasteiger partial charge in [0, 0.05) is 10.5 Å². The zero-order valence-corrected chi connectivity index (χ0v) is 13.9. The second-order valence-corrected chi connectivity index (χ2v) is 5.86. The lowest BCUT2D eigenvalue weighted by Crippen LogP contribution is -2.10. The van der Waals surface area contributed by atoms with Gasteiger partial charge in [0.05, 0.1) is 26.4 Å². The van der Waals surface area contributed by atoms with Crippen LogP contribution in [0, 0.1) is 0 Å². The van der Waals surface area contributed by atoms with Crippen molar-refractivity contribution in [2.24, 2.45) is 0 Å². The molecule has 0 unspecified atom stereocenters. The highest BCUT2D eigenvalue weighted by atomic mass is 32.2. The number of carbonyl (C=O) groups is 2. The van der Waals surface area contributed by atoms with Crippen molar-refractivity contribution in [3.63, 3.8) is 0 Å². The van der Waals surface area contributed by atoms with E-state index in [1.165, 1.54) is 26.0 Å². The second kappa shape index (κ2) is 8.39. The molecule has 0 saturated heterocycles. The van der Waals surface area contributed by atoms with Crippen LogP contribution in [0.4, 0.5) is 0 Å². The maximum atomic E-state index is 12.2. The molecule has 2 aromatic carbocycles. The molecule has 0 aliphatic rings. The summed E-state index contributed by atoms with van der Waals surface area (Å²) in [6.45, 7) is 0. The second-order valence-electron chi connectivity index (χ2n) is 4.81. The lowest BCUT2D eigenvalue weighted by molar-refractivity contribution is -0.115. The predicted octanol–water partition coefficient (Wildman–Crippen LogP) is 3.64. The van der Waals surface area contributed by atoms with Crippen LogP contribution >= 0.6 is 11.8 Å². The molecule has 0 aliphatic heterocycles. The molecule has 0 saturated carbocycles. The topological polar surface area (TPSA) is 52.6 Å². The van der Waals surface area contributed by atoms with Crippen LogP contribution in [0.3, 0.4) is 0 Å². The first-order chi connectivity index (χ1) is 11.1. The van der Waals surface area contributed by atoms with E-state index in [2.05, 4.69) is 0 Å². The number of Topliss-reactive ketones (excluding diaryl/α,β-unsaturated/α-hetero) is 2. The molecule has 0 aromatic heterocycles. The third-order valence-corrected chi connectivity index (χ3v) is 4.28. The number of hydrogen-bond acceptors (Lipinski definition) is 5. The van der Waals surface area contributed by atoms with Crippen molar-refractivity contribution in [3.05, 3.63) is 54.1 Å². The van der Waals surface area contributed by atoms with Crippen molar-refractivity contribution in [2.75, 3.05) is 20.0 Å². The van der Waals surface area contributed by atoms with Gasteiger partial charge in [0.15, 0.2) is 23.1 Å². The Morgan fingerprint density at radius 1 is 0.957 bits per heavy atom. The van der Waals surface area contributed by atoms with Crippen LogP contribution in [-0.2, 0) is 4.79 Å². The Bertz CT molecular complexity index is 683. The Balaban J connectivity index is 1.94. The van der Waals surface area contributed by atoms with Crippen molar-refractivity contribution < 1.29 is 19.1 Å². The van der Waals surface area contributed by atoms with Gasteiger partial charge < -0.3 is 9.47 Å². The van der Waals surface area contributed by atoms with Crippen molar-refractivity contribution in [1.29, 1.82) is 0 Å². The SMILES string of the molecule is COc1ccc(C(=O)CC(=O)CSc2ccccc2)cc1OC. The summed E-state index contributed by atoms with van der Waals surface area (Å²) in [5.74, 6) is 0.992. The van der Waals surface area contributed by atoms with Crippen molar-refractivity contribution >= 4 is 23.3 Å². The molecule has 5 heteroatoms. The Morgan fingerprint density at radius 2 is 1.65 bits per heavy atom. The molecule has 0 fully saturated rings. The molecule has 0 spiro atoms. The zero-order valence-electron chi connectivity index (χ0n) is 13.1. The minimum atomic E-state index is -0.218. The summed E-state index contributed by atoms with van der Waals surface area (Å²) in [5.41, 5.74) is 0.445. The molecule has 0 atom stereocenters. The van der Waals surface area contributed by atoms with E-state index < -0.39 is 0 Å².